The van der Waals surface area contributed by atoms with Crippen LogP contribution in [0, 0.1) is 0 Å². The number of carbonyl (C=O) groups is 1. The molecule has 0 fully saturated rings. The molecule has 1 aromatic heterocycles. The molecule has 1 amide bonds. The van der Waals surface area contributed by atoms with Crippen LogP contribution >= 0.6 is 0 Å². The number of nitrogens with zero attached hydrogens (tertiary/aromatic N) is 1. The number of carbonyl (C=O) groups excluding carboxylic acids is 1. The van der Waals surface area contributed by atoms with Gasteiger partial charge in [0.2, 0.25) is 5.88 Å². The second-order valence-electron chi connectivity index (χ2n) is 5.29. The van der Waals surface area contributed by atoms with Gasteiger partial charge in [-0.2, -0.15) is 0 Å². The maximum absolute atomic E-state index is 12.8. The molecule has 0 spiro atoms. The van der Waals surface area contributed by atoms with Crippen molar-refractivity contribution in [1.82, 2.24) is 10.3 Å². The minimum absolute atomic E-state index is 0.224. The molecular formula is C20H18N2O2. The lowest BCUT2D eigenvalue weighted by Crippen LogP contribution is -2.29. The number of hydrogen-bond acceptors (Lipinski definition) is 3. The van der Waals surface area contributed by atoms with Crippen LogP contribution in [-0.4, -0.2) is 18.0 Å². The van der Waals surface area contributed by atoms with Crippen LogP contribution in [0.3, 0.4) is 0 Å². The minimum atomic E-state index is -0.246. The Bertz CT molecular complexity index is 765. The maximum Gasteiger partial charge on any atom is 0.257 e. The van der Waals surface area contributed by atoms with E-state index in [1.807, 2.05) is 60.7 Å². The first-order valence-electron chi connectivity index (χ1n) is 7.69. The van der Waals surface area contributed by atoms with Gasteiger partial charge in [-0.3, -0.25) is 4.79 Å². The lowest BCUT2D eigenvalue weighted by Gasteiger charge is -2.20. The highest BCUT2D eigenvalue weighted by Crippen LogP contribution is 2.23. The summed E-state index contributed by atoms with van der Waals surface area (Å²) in [7, 11) is 1.50. The zero-order chi connectivity index (χ0) is 16.8. The van der Waals surface area contributed by atoms with Crippen LogP contribution in [0.5, 0.6) is 5.88 Å². The Morgan fingerprint density at radius 3 is 2.04 bits per heavy atom. The molecule has 2 aromatic carbocycles. The fourth-order valence-electron chi connectivity index (χ4n) is 2.59. The number of hydrogen-bond donors (Lipinski definition) is 1. The van der Waals surface area contributed by atoms with Gasteiger partial charge >= 0.3 is 0 Å². The second-order valence-corrected chi connectivity index (χ2v) is 5.29. The van der Waals surface area contributed by atoms with Crippen molar-refractivity contribution < 1.29 is 9.53 Å². The van der Waals surface area contributed by atoms with E-state index in [9.17, 15) is 4.79 Å². The lowest BCUT2D eigenvalue weighted by atomic mass is 9.98. The van der Waals surface area contributed by atoms with Gasteiger partial charge in [-0.15, -0.1) is 0 Å². The summed E-state index contributed by atoms with van der Waals surface area (Å²) in [6, 6.07) is 22.9. The quantitative estimate of drug-likeness (QED) is 0.782. The van der Waals surface area contributed by atoms with E-state index in [1.54, 1.807) is 18.3 Å². The Balaban J connectivity index is 1.94. The number of amides is 1. The maximum atomic E-state index is 12.8. The highest BCUT2D eigenvalue weighted by molar-refractivity contribution is 5.96. The van der Waals surface area contributed by atoms with Crippen molar-refractivity contribution >= 4 is 5.91 Å². The lowest BCUT2D eigenvalue weighted by molar-refractivity contribution is 0.0939. The van der Waals surface area contributed by atoms with Crippen LogP contribution < -0.4 is 10.1 Å². The first kappa shape index (κ1) is 15.7. The Labute approximate surface area is 141 Å². The predicted octanol–water partition coefficient (Wildman–Crippen LogP) is 3.61. The van der Waals surface area contributed by atoms with Crippen molar-refractivity contribution in [3.05, 3.63) is 95.7 Å². The number of aromatic nitrogens is 1. The molecule has 0 radical (unpaired) electrons. The second kappa shape index (κ2) is 7.42. The summed E-state index contributed by atoms with van der Waals surface area (Å²) in [5, 5.41) is 3.08. The summed E-state index contributed by atoms with van der Waals surface area (Å²) < 4.78 is 5.19. The van der Waals surface area contributed by atoms with Gasteiger partial charge in [-0.05, 0) is 23.3 Å². The number of methoxy groups -OCH3 is 1. The third kappa shape index (κ3) is 3.43. The highest BCUT2D eigenvalue weighted by atomic mass is 16.5. The Morgan fingerprint density at radius 1 is 0.917 bits per heavy atom. The molecular weight excluding hydrogens is 300 g/mol. The fourth-order valence-corrected chi connectivity index (χ4v) is 2.59. The number of benzene rings is 2. The van der Waals surface area contributed by atoms with Crippen LogP contribution in [0.25, 0.3) is 0 Å². The molecule has 120 valence electrons. The standard InChI is InChI=1S/C20H18N2O2/c1-24-20-17(13-8-14-21-20)19(23)22-18(15-9-4-2-5-10-15)16-11-6-3-7-12-16/h2-14,18H,1H3,(H,22,23). The van der Waals surface area contributed by atoms with Crippen molar-refractivity contribution in [2.75, 3.05) is 7.11 Å². The summed E-state index contributed by atoms with van der Waals surface area (Å²) in [6.45, 7) is 0. The molecule has 0 unspecified atom stereocenters. The first-order chi connectivity index (χ1) is 11.8. The van der Waals surface area contributed by atoms with Gasteiger partial charge < -0.3 is 10.1 Å². The summed E-state index contributed by atoms with van der Waals surface area (Å²) >= 11 is 0. The molecule has 0 saturated carbocycles. The van der Waals surface area contributed by atoms with Crippen molar-refractivity contribution in [2.24, 2.45) is 0 Å². The van der Waals surface area contributed by atoms with E-state index >= 15 is 0 Å². The number of rotatable bonds is 5. The molecule has 0 saturated heterocycles. The largest absolute Gasteiger partial charge is 0.480 e. The smallest absolute Gasteiger partial charge is 0.257 e. The van der Waals surface area contributed by atoms with Gasteiger partial charge in [-0.25, -0.2) is 4.98 Å². The molecule has 0 aliphatic heterocycles. The molecule has 4 heteroatoms. The summed E-state index contributed by atoms with van der Waals surface area (Å²) in [4.78, 5) is 16.8. The van der Waals surface area contributed by atoms with Crippen LogP contribution in [0.2, 0.25) is 0 Å². The fraction of sp³-hybridized carbons (Fsp3) is 0.100. The van der Waals surface area contributed by atoms with E-state index in [0.29, 0.717) is 11.4 Å². The predicted molar refractivity (Wildman–Crippen MR) is 93.0 cm³/mol. The minimum Gasteiger partial charge on any atom is -0.480 e. The van der Waals surface area contributed by atoms with E-state index in [2.05, 4.69) is 10.3 Å². The van der Waals surface area contributed by atoms with Gasteiger partial charge in [0.15, 0.2) is 0 Å². The molecule has 24 heavy (non-hydrogen) atoms. The number of ether oxygens (including phenoxy) is 1. The van der Waals surface area contributed by atoms with Crippen molar-refractivity contribution in [1.29, 1.82) is 0 Å². The van der Waals surface area contributed by atoms with E-state index in [-0.39, 0.29) is 11.9 Å². The summed E-state index contributed by atoms with van der Waals surface area (Å²) in [5.74, 6) is 0.0903. The molecule has 0 aliphatic rings. The number of pyridine rings is 1. The Hall–Kier alpha value is -3.14. The Kier molecular flexibility index (Phi) is 4.87. The number of nitrogens with one attached hydrogen (secondary N) is 1. The summed E-state index contributed by atoms with van der Waals surface area (Å²) in [5.41, 5.74) is 2.44. The van der Waals surface area contributed by atoms with Gasteiger partial charge in [0.05, 0.1) is 13.2 Å². The average Bonchev–Trinajstić information content (AvgIpc) is 2.67. The van der Waals surface area contributed by atoms with Gasteiger partial charge in [0.1, 0.15) is 5.56 Å². The monoisotopic (exact) mass is 318 g/mol. The average molecular weight is 318 g/mol. The molecule has 1 heterocycles. The molecule has 3 aromatic rings. The zero-order valence-corrected chi connectivity index (χ0v) is 13.3. The third-order valence-corrected chi connectivity index (χ3v) is 3.75. The van der Waals surface area contributed by atoms with E-state index in [0.717, 1.165) is 11.1 Å². The van der Waals surface area contributed by atoms with Gasteiger partial charge in [-0.1, -0.05) is 60.7 Å². The van der Waals surface area contributed by atoms with E-state index < -0.39 is 0 Å². The van der Waals surface area contributed by atoms with Crippen molar-refractivity contribution in [2.45, 2.75) is 6.04 Å². The molecule has 0 bridgehead atoms. The Morgan fingerprint density at radius 2 is 1.50 bits per heavy atom. The van der Waals surface area contributed by atoms with Crippen LogP contribution in [0.4, 0.5) is 0 Å². The van der Waals surface area contributed by atoms with Crippen LogP contribution in [0.15, 0.2) is 79.0 Å². The van der Waals surface area contributed by atoms with Gasteiger partial charge in [0, 0.05) is 6.20 Å². The van der Waals surface area contributed by atoms with Gasteiger partial charge in [0.25, 0.3) is 5.91 Å². The molecule has 3 rings (SSSR count). The zero-order valence-electron chi connectivity index (χ0n) is 13.3. The highest BCUT2D eigenvalue weighted by Gasteiger charge is 2.20. The molecule has 1 N–H and O–H groups in total. The molecule has 4 nitrogen and oxygen atoms in total. The SMILES string of the molecule is COc1ncccc1C(=O)NC(c1ccccc1)c1ccccc1. The molecule has 0 aliphatic carbocycles. The topological polar surface area (TPSA) is 51.2 Å². The molecule has 0 atom stereocenters. The van der Waals surface area contributed by atoms with Crippen LogP contribution in [0.1, 0.15) is 27.5 Å². The van der Waals surface area contributed by atoms with Crippen LogP contribution in [-0.2, 0) is 0 Å². The van der Waals surface area contributed by atoms with Crippen molar-refractivity contribution in [3.8, 4) is 5.88 Å². The van der Waals surface area contributed by atoms with Crippen molar-refractivity contribution in [3.63, 3.8) is 0 Å². The summed E-state index contributed by atoms with van der Waals surface area (Å²) in [6.07, 6.45) is 1.60. The van der Waals surface area contributed by atoms with E-state index in [4.69, 9.17) is 4.74 Å². The van der Waals surface area contributed by atoms with E-state index in [1.165, 1.54) is 7.11 Å². The third-order valence-electron chi connectivity index (χ3n) is 3.75. The normalized spacial score (nSPS) is 10.4. The first-order valence-corrected chi connectivity index (χ1v) is 7.69.